The lowest BCUT2D eigenvalue weighted by molar-refractivity contribution is 0.449. The molecule has 1 heterocycles. The van der Waals surface area contributed by atoms with Crippen LogP contribution in [-0.4, -0.2) is 18.1 Å². The lowest BCUT2D eigenvalue weighted by atomic mass is 9.90. The van der Waals surface area contributed by atoms with Gasteiger partial charge in [0.1, 0.15) is 0 Å². The molecule has 2 heteroatoms. The maximum absolute atomic E-state index is 4.42. The van der Waals surface area contributed by atoms with Gasteiger partial charge < -0.3 is 5.32 Å². The van der Waals surface area contributed by atoms with Crippen LogP contribution in [0.25, 0.3) is 0 Å². The molecule has 0 radical (unpaired) electrons. The lowest BCUT2D eigenvalue weighted by Gasteiger charge is -2.20. The van der Waals surface area contributed by atoms with E-state index in [1.807, 2.05) is 0 Å². The largest absolute Gasteiger partial charge is 0.317 e. The van der Waals surface area contributed by atoms with E-state index in [9.17, 15) is 0 Å². The Balaban J connectivity index is 2.04. The maximum atomic E-state index is 4.42. The van der Waals surface area contributed by atoms with E-state index in [-0.39, 0.29) is 0 Å². The standard InChI is InChI=1S/C14H22N2/c1-3-15-9-12-5-4-6-14(12)13-8-7-11(2)16-10-13/h7-8,10,12,14-15H,3-6,9H2,1-2H3. The smallest absolute Gasteiger partial charge is 0.0372 e. The van der Waals surface area contributed by atoms with Crippen LogP contribution in [0, 0.1) is 12.8 Å². The zero-order valence-corrected chi connectivity index (χ0v) is 10.4. The summed E-state index contributed by atoms with van der Waals surface area (Å²) in [6.07, 6.45) is 6.14. The van der Waals surface area contributed by atoms with Crippen LogP contribution in [0.1, 0.15) is 43.4 Å². The molecule has 0 amide bonds. The molecule has 2 rings (SSSR count). The normalized spacial score (nSPS) is 24.9. The predicted molar refractivity (Wildman–Crippen MR) is 67.6 cm³/mol. The number of rotatable bonds is 4. The van der Waals surface area contributed by atoms with Gasteiger partial charge in [0.2, 0.25) is 0 Å². The molecule has 1 aromatic rings. The quantitative estimate of drug-likeness (QED) is 0.840. The van der Waals surface area contributed by atoms with Gasteiger partial charge in [0, 0.05) is 11.9 Å². The van der Waals surface area contributed by atoms with Crippen LogP contribution in [0.5, 0.6) is 0 Å². The summed E-state index contributed by atoms with van der Waals surface area (Å²) in [5.41, 5.74) is 2.55. The van der Waals surface area contributed by atoms with Crippen LogP contribution < -0.4 is 5.32 Å². The highest BCUT2D eigenvalue weighted by Gasteiger charge is 2.28. The van der Waals surface area contributed by atoms with Gasteiger partial charge in [0.25, 0.3) is 0 Å². The molecule has 1 aliphatic carbocycles. The molecular formula is C14H22N2. The molecule has 0 aromatic carbocycles. The van der Waals surface area contributed by atoms with Gasteiger partial charge in [-0.15, -0.1) is 0 Å². The summed E-state index contributed by atoms with van der Waals surface area (Å²) >= 11 is 0. The first-order valence-electron chi connectivity index (χ1n) is 6.44. The highest BCUT2D eigenvalue weighted by atomic mass is 14.8. The highest BCUT2D eigenvalue weighted by Crippen LogP contribution is 2.38. The fraction of sp³-hybridized carbons (Fsp3) is 0.643. The molecule has 0 aliphatic heterocycles. The molecular weight excluding hydrogens is 196 g/mol. The molecule has 1 N–H and O–H groups in total. The summed E-state index contributed by atoms with van der Waals surface area (Å²) in [7, 11) is 0. The summed E-state index contributed by atoms with van der Waals surface area (Å²) in [4.78, 5) is 4.42. The average molecular weight is 218 g/mol. The molecule has 88 valence electrons. The Morgan fingerprint density at radius 2 is 2.25 bits per heavy atom. The second kappa shape index (κ2) is 5.44. The number of nitrogens with zero attached hydrogens (tertiary/aromatic N) is 1. The summed E-state index contributed by atoms with van der Waals surface area (Å²) in [6.45, 7) is 6.47. The minimum absolute atomic E-state index is 0.729. The van der Waals surface area contributed by atoms with Gasteiger partial charge in [0.05, 0.1) is 0 Å². The molecule has 1 fully saturated rings. The third-order valence-electron chi connectivity index (χ3n) is 3.68. The van der Waals surface area contributed by atoms with Crippen molar-refractivity contribution >= 4 is 0 Å². The Bertz CT molecular complexity index is 318. The molecule has 0 spiro atoms. The third kappa shape index (κ3) is 2.62. The summed E-state index contributed by atoms with van der Waals surface area (Å²) in [5, 5.41) is 3.48. The van der Waals surface area contributed by atoms with Crippen molar-refractivity contribution in [2.24, 2.45) is 5.92 Å². The van der Waals surface area contributed by atoms with Crippen LogP contribution in [-0.2, 0) is 0 Å². The first kappa shape index (κ1) is 11.6. The van der Waals surface area contributed by atoms with Gasteiger partial charge in [-0.3, -0.25) is 4.98 Å². The van der Waals surface area contributed by atoms with Crippen LogP contribution >= 0.6 is 0 Å². The van der Waals surface area contributed by atoms with Crippen LogP contribution in [0.4, 0.5) is 0 Å². The molecule has 0 bridgehead atoms. The predicted octanol–water partition coefficient (Wildman–Crippen LogP) is 2.88. The van der Waals surface area contributed by atoms with E-state index in [1.165, 1.54) is 24.8 Å². The molecule has 1 saturated carbocycles. The number of aromatic nitrogens is 1. The van der Waals surface area contributed by atoms with Crippen molar-refractivity contribution in [3.05, 3.63) is 29.6 Å². The third-order valence-corrected chi connectivity index (χ3v) is 3.68. The number of pyridine rings is 1. The van der Waals surface area contributed by atoms with Crippen molar-refractivity contribution in [2.45, 2.75) is 39.0 Å². The first-order chi connectivity index (χ1) is 7.81. The monoisotopic (exact) mass is 218 g/mol. The van der Waals surface area contributed by atoms with Crippen LogP contribution in [0.15, 0.2) is 18.3 Å². The lowest BCUT2D eigenvalue weighted by Crippen LogP contribution is -2.24. The van der Waals surface area contributed by atoms with E-state index < -0.39 is 0 Å². The van der Waals surface area contributed by atoms with Crippen molar-refractivity contribution in [1.82, 2.24) is 10.3 Å². The van der Waals surface area contributed by atoms with Crippen LogP contribution in [0.3, 0.4) is 0 Å². The highest BCUT2D eigenvalue weighted by molar-refractivity contribution is 5.20. The second-order valence-electron chi connectivity index (χ2n) is 4.84. The van der Waals surface area contributed by atoms with E-state index in [1.54, 1.807) is 0 Å². The second-order valence-corrected chi connectivity index (χ2v) is 4.84. The van der Waals surface area contributed by atoms with E-state index >= 15 is 0 Å². The van der Waals surface area contributed by atoms with Crippen molar-refractivity contribution < 1.29 is 0 Å². The minimum atomic E-state index is 0.729. The van der Waals surface area contributed by atoms with Gasteiger partial charge in [-0.25, -0.2) is 0 Å². The van der Waals surface area contributed by atoms with Gasteiger partial charge in [-0.05, 0) is 56.3 Å². The Labute approximate surface area is 98.5 Å². The zero-order valence-electron chi connectivity index (χ0n) is 10.4. The number of hydrogen-bond donors (Lipinski definition) is 1. The van der Waals surface area contributed by atoms with E-state index in [0.717, 1.165) is 30.6 Å². The van der Waals surface area contributed by atoms with Gasteiger partial charge in [0.15, 0.2) is 0 Å². The van der Waals surface area contributed by atoms with Crippen molar-refractivity contribution in [1.29, 1.82) is 0 Å². The van der Waals surface area contributed by atoms with E-state index in [4.69, 9.17) is 0 Å². The maximum Gasteiger partial charge on any atom is 0.0372 e. The molecule has 1 aliphatic rings. The Hall–Kier alpha value is -0.890. The molecule has 2 atom stereocenters. The Morgan fingerprint density at radius 1 is 1.38 bits per heavy atom. The summed E-state index contributed by atoms with van der Waals surface area (Å²) < 4.78 is 0. The van der Waals surface area contributed by atoms with Gasteiger partial charge in [-0.1, -0.05) is 19.4 Å². The molecule has 2 nitrogen and oxygen atoms in total. The summed E-state index contributed by atoms with van der Waals surface area (Å²) in [5.74, 6) is 1.54. The fourth-order valence-electron chi connectivity index (χ4n) is 2.75. The number of nitrogens with one attached hydrogen (secondary N) is 1. The van der Waals surface area contributed by atoms with Gasteiger partial charge >= 0.3 is 0 Å². The molecule has 2 unspecified atom stereocenters. The number of aryl methyl sites for hydroxylation is 1. The van der Waals surface area contributed by atoms with E-state index in [0.29, 0.717) is 0 Å². The van der Waals surface area contributed by atoms with E-state index in [2.05, 4.69) is 42.5 Å². The molecule has 0 saturated heterocycles. The van der Waals surface area contributed by atoms with Gasteiger partial charge in [-0.2, -0.15) is 0 Å². The molecule has 1 aromatic heterocycles. The Morgan fingerprint density at radius 3 is 2.94 bits per heavy atom. The van der Waals surface area contributed by atoms with Crippen molar-refractivity contribution in [2.75, 3.05) is 13.1 Å². The topological polar surface area (TPSA) is 24.9 Å². The summed E-state index contributed by atoms with van der Waals surface area (Å²) in [6, 6.07) is 4.40. The minimum Gasteiger partial charge on any atom is -0.317 e. The van der Waals surface area contributed by atoms with Crippen molar-refractivity contribution in [3.63, 3.8) is 0 Å². The van der Waals surface area contributed by atoms with Crippen LogP contribution in [0.2, 0.25) is 0 Å². The average Bonchev–Trinajstić information content (AvgIpc) is 2.75. The Kier molecular flexibility index (Phi) is 3.94. The SMILES string of the molecule is CCNCC1CCCC1c1ccc(C)nc1. The zero-order chi connectivity index (χ0) is 11.4. The molecule has 16 heavy (non-hydrogen) atoms. The first-order valence-corrected chi connectivity index (χ1v) is 6.44. The number of hydrogen-bond acceptors (Lipinski definition) is 2. The van der Waals surface area contributed by atoms with Crippen molar-refractivity contribution in [3.8, 4) is 0 Å². The fourth-order valence-corrected chi connectivity index (χ4v) is 2.75.